The van der Waals surface area contributed by atoms with Crippen molar-refractivity contribution in [2.24, 2.45) is 5.92 Å². The molecule has 0 amide bonds. The van der Waals surface area contributed by atoms with Gasteiger partial charge in [0, 0.05) is 43.3 Å². The maximum atomic E-state index is 5.84. The van der Waals surface area contributed by atoms with Crippen LogP contribution in [0.15, 0.2) is 67.4 Å². The fourth-order valence-electron chi connectivity index (χ4n) is 5.75. The molecule has 4 aromatic rings. The molecule has 2 fully saturated rings. The number of aromatic amines is 1. The molecule has 0 radical (unpaired) electrons. The number of aromatic nitrogens is 4. The number of H-pyrrole nitrogens is 1. The molecule has 0 aliphatic carbocycles. The summed E-state index contributed by atoms with van der Waals surface area (Å²) in [7, 11) is 0. The summed E-state index contributed by atoms with van der Waals surface area (Å²) in [6, 6.07) is 17.9. The highest BCUT2D eigenvalue weighted by Crippen LogP contribution is 2.28. The van der Waals surface area contributed by atoms with Gasteiger partial charge in [-0.2, -0.15) is 5.10 Å². The van der Waals surface area contributed by atoms with Gasteiger partial charge >= 0.3 is 0 Å². The molecule has 2 aliphatic rings. The van der Waals surface area contributed by atoms with Gasteiger partial charge in [-0.25, -0.2) is 9.67 Å². The van der Waals surface area contributed by atoms with E-state index in [2.05, 4.69) is 79.6 Å². The third-order valence-electron chi connectivity index (χ3n) is 7.63. The van der Waals surface area contributed by atoms with E-state index in [4.69, 9.17) is 4.74 Å². The minimum absolute atomic E-state index is 0.386. The van der Waals surface area contributed by atoms with Crippen molar-refractivity contribution in [2.75, 3.05) is 45.9 Å². The topological polar surface area (TPSA) is 62.2 Å². The predicted octanol–water partition coefficient (Wildman–Crippen LogP) is 3.75. The average Bonchev–Trinajstić information content (AvgIpc) is 3.66. The number of nitrogens with one attached hydrogen (secondary N) is 1. The summed E-state index contributed by atoms with van der Waals surface area (Å²) < 4.78 is 7.71. The predicted molar refractivity (Wildman–Crippen MR) is 137 cm³/mol. The molecule has 2 saturated heterocycles. The Bertz CT molecular complexity index is 1220. The molecule has 0 bridgehead atoms. The van der Waals surface area contributed by atoms with Crippen LogP contribution in [0.5, 0.6) is 0 Å². The van der Waals surface area contributed by atoms with Crippen molar-refractivity contribution in [1.29, 1.82) is 0 Å². The number of fused-ring (bicyclic) bond motifs is 1. The van der Waals surface area contributed by atoms with Crippen molar-refractivity contribution in [2.45, 2.75) is 25.4 Å². The molecule has 0 spiro atoms. The Morgan fingerprint density at radius 1 is 1.09 bits per heavy atom. The van der Waals surface area contributed by atoms with E-state index in [1.165, 1.54) is 47.1 Å². The number of hydrogen-bond donors (Lipinski definition) is 1. The molecule has 2 atom stereocenters. The Morgan fingerprint density at radius 3 is 2.91 bits per heavy atom. The van der Waals surface area contributed by atoms with Crippen molar-refractivity contribution < 1.29 is 4.74 Å². The van der Waals surface area contributed by atoms with Crippen molar-refractivity contribution in [3.63, 3.8) is 0 Å². The van der Waals surface area contributed by atoms with Gasteiger partial charge in [0.2, 0.25) is 0 Å². The zero-order valence-electron chi connectivity index (χ0n) is 20.2. The highest BCUT2D eigenvalue weighted by Gasteiger charge is 2.30. The lowest BCUT2D eigenvalue weighted by Crippen LogP contribution is -2.42. The third-order valence-corrected chi connectivity index (χ3v) is 7.63. The first-order chi connectivity index (χ1) is 17.3. The van der Waals surface area contributed by atoms with Gasteiger partial charge in [-0.1, -0.05) is 36.4 Å². The molecule has 4 heterocycles. The zero-order chi connectivity index (χ0) is 23.5. The number of ether oxygens (including phenoxy) is 1. The van der Waals surface area contributed by atoms with Crippen LogP contribution < -0.4 is 0 Å². The van der Waals surface area contributed by atoms with Crippen LogP contribution in [0.25, 0.3) is 10.9 Å². The SMILES string of the molecule is c1ccc([C@@H]2COCCN2C[C@@H]2CCN(CCc3c[nH]c4ccc(Cn5cncn5)cc34)C2)cc1. The van der Waals surface area contributed by atoms with Gasteiger partial charge in [-0.3, -0.25) is 4.90 Å². The molecule has 182 valence electrons. The fraction of sp³-hybridized carbons (Fsp3) is 0.429. The van der Waals surface area contributed by atoms with E-state index >= 15 is 0 Å². The quantitative estimate of drug-likeness (QED) is 0.425. The summed E-state index contributed by atoms with van der Waals surface area (Å²) in [6.07, 6.45) is 7.91. The van der Waals surface area contributed by atoms with Crippen LogP contribution in [-0.4, -0.2) is 75.5 Å². The Hall–Kier alpha value is -3.00. The van der Waals surface area contributed by atoms with Crippen molar-refractivity contribution in [3.05, 3.63) is 84.1 Å². The number of benzene rings is 2. The van der Waals surface area contributed by atoms with Crippen LogP contribution in [0.2, 0.25) is 0 Å². The number of hydrogen-bond acceptors (Lipinski definition) is 5. The van der Waals surface area contributed by atoms with Crippen molar-refractivity contribution in [1.82, 2.24) is 29.5 Å². The molecule has 35 heavy (non-hydrogen) atoms. The molecule has 0 unspecified atom stereocenters. The van der Waals surface area contributed by atoms with Crippen LogP contribution >= 0.6 is 0 Å². The number of likely N-dealkylation sites (tertiary alicyclic amines) is 1. The first kappa shape index (κ1) is 22.5. The van der Waals surface area contributed by atoms with Gasteiger partial charge in [0.1, 0.15) is 12.7 Å². The Balaban J connectivity index is 1.05. The highest BCUT2D eigenvalue weighted by atomic mass is 16.5. The molecule has 7 nitrogen and oxygen atoms in total. The van der Waals surface area contributed by atoms with E-state index in [9.17, 15) is 0 Å². The molecular weight excluding hydrogens is 436 g/mol. The van der Waals surface area contributed by atoms with Crippen LogP contribution in [0.3, 0.4) is 0 Å². The summed E-state index contributed by atoms with van der Waals surface area (Å²) in [4.78, 5) is 12.8. The van der Waals surface area contributed by atoms with E-state index in [-0.39, 0.29) is 0 Å². The van der Waals surface area contributed by atoms with Gasteiger partial charge in [0.15, 0.2) is 0 Å². The summed E-state index contributed by atoms with van der Waals surface area (Å²) in [5.41, 5.74) is 5.25. The second kappa shape index (κ2) is 10.3. The second-order valence-corrected chi connectivity index (χ2v) is 9.99. The molecule has 1 N–H and O–H groups in total. The van der Waals surface area contributed by atoms with E-state index < -0.39 is 0 Å². The third kappa shape index (κ3) is 5.17. The highest BCUT2D eigenvalue weighted by molar-refractivity contribution is 5.83. The van der Waals surface area contributed by atoms with Gasteiger partial charge in [-0.05, 0) is 54.1 Å². The first-order valence-corrected chi connectivity index (χ1v) is 12.8. The first-order valence-electron chi connectivity index (χ1n) is 12.8. The molecule has 2 aromatic heterocycles. The smallest absolute Gasteiger partial charge is 0.137 e. The lowest BCUT2D eigenvalue weighted by molar-refractivity contribution is -0.0148. The molecule has 0 saturated carbocycles. The second-order valence-electron chi connectivity index (χ2n) is 9.99. The lowest BCUT2D eigenvalue weighted by atomic mass is 10.0. The van der Waals surface area contributed by atoms with Crippen LogP contribution in [0.1, 0.15) is 29.2 Å². The largest absolute Gasteiger partial charge is 0.378 e. The average molecular weight is 471 g/mol. The lowest BCUT2D eigenvalue weighted by Gasteiger charge is -2.37. The monoisotopic (exact) mass is 470 g/mol. The minimum atomic E-state index is 0.386. The number of nitrogens with zero attached hydrogens (tertiary/aromatic N) is 5. The summed E-state index contributed by atoms with van der Waals surface area (Å²) in [5.74, 6) is 0.733. The van der Waals surface area contributed by atoms with Gasteiger partial charge in [0.25, 0.3) is 0 Å². The molecule has 2 aromatic carbocycles. The maximum absolute atomic E-state index is 5.84. The van der Waals surface area contributed by atoms with Gasteiger partial charge in [0.05, 0.1) is 25.8 Å². The van der Waals surface area contributed by atoms with E-state index in [1.54, 1.807) is 12.7 Å². The van der Waals surface area contributed by atoms with Crippen LogP contribution in [0, 0.1) is 5.92 Å². The van der Waals surface area contributed by atoms with Crippen molar-refractivity contribution >= 4 is 10.9 Å². The normalized spacial score (nSPS) is 21.7. The minimum Gasteiger partial charge on any atom is -0.378 e. The summed E-state index contributed by atoms with van der Waals surface area (Å²) in [6.45, 7) is 8.10. The standard InChI is InChI=1S/C28H34N6O/c1-2-4-24(5-3-1)28-19-35-13-12-33(28)17-23-8-10-32(16-23)11-9-25-15-30-27-7-6-22(14-26(25)27)18-34-21-29-20-31-34/h1-7,14-15,20-21,23,28,30H,8-13,16-19H2/t23-,28+/m1/s1. The summed E-state index contributed by atoms with van der Waals surface area (Å²) >= 11 is 0. The van der Waals surface area contributed by atoms with Crippen molar-refractivity contribution in [3.8, 4) is 0 Å². The van der Waals surface area contributed by atoms with E-state index in [1.807, 2.05) is 4.68 Å². The maximum Gasteiger partial charge on any atom is 0.137 e. The molecule has 7 heteroatoms. The molecule has 6 rings (SSSR count). The number of rotatable bonds is 8. The number of morpholine rings is 1. The Labute approximate surface area is 206 Å². The Kier molecular flexibility index (Phi) is 6.62. The summed E-state index contributed by atoms with van der Waals surface area (Å²) in [5, 5.41) is 5.57. The van der Waals surface area contributed by atoms with Crippen LogP contribution in [0.4, 0.5) is 0 Å². The zero-order valence-corrected chi connectivity index (χ0v) is 20.2. The van der Waals surface area contributed by atoms with Crippen LogP contribution in [-0.2, 0) is 17.7 Å². The fourth-order valence-corrected chi connectivity index (χ4v) is 5.75. The van der Waals surface area contributed by atoms with Gasteiger partial charge < -0.3 is 14.6 Å². The van der Waals surface area contributed by atoms with E-state index in [0.29, 0.717) is 6.04 Å². The molecule has 2 aliphatic heterocycles. The molecular formula is C28H34N6O. The Morgan fingerprint density at radius 2 is 2.03 bits per heavy atom. The van der Waals surface area contributed by atoms with E-state index in [0.717, 1.165) is 51.7 Å². The van der Waals surface area contributed by atoms with Gasteiger partial charge in [-0.15, -0.1) is 0 Å².